The summed E-state index contributed by atoms with van der Waals surface area (Å²) in [5.41, 5.74) is 7.71. The van der Waals surface area contributed by atoms with Crippen molar-refractivity contribution in [2.45, 2.75) is 19.0 Å². The van der Waals surface area contributed by atoms with E-state index in [9.17, 15) is 4.79 Å². The van der Waals surface area contributed by atoms with Crippen LogP contribution in [0, 0.1) is 0 Å². The van der Waals surface area contributed by atoms with Crippen molar-refractivity contribution in [1.82, 2.24) is 5.32 Å². The van der Waals surface area contributed by atoms with Crippen molar-refractivity contribution in [2.75, 3.05) is 7.11 Å². The molecule has 0 aliphatic rings. The quantitative estimate of drug-likeness (QED) is 0.793. The number of halogens is 3. The molecular weight excluding hydrogens is 371 g/mol. The van der Waals surface area contributed by atoms with Gasteiger partial charge < -0.3 is 15.8 Å². The van der Waals surface area contributed by atoms with E-state index in [1.165, 1.54) is 0 Å². The molecule has 0 unspecified atom stereocenters. The van der Waals surface area contributed by atoms with Crippen molar-refractivity contribution >= 4 is 41.5 Å². The van der Waals surface area contributed by atoms with Crippen LogP contribution in [-0.4, -0.2) is 19.1 Å². The normalized spacial score (nSPS) is 11.3. The van der Waals surface area contributed by atoms with Gasteiger partial charge in [0.05, 0.1) is 13.2 Å². The number of rotatable bonds is 6. The molecule has 0 aliphatic carbocycles. The molecule has 4 nitrogen and oxygen atoms in total. The number of nitrogens with two attached hydrogens (primary N) is 1. The first kappa shape index (κ1) is 20.6. The van der Waals surface area contributed by atoms with Gasteiger partial charge in [-0.05, 0) is 41.8 Å². The second-order valence-corrected chi connectivity index (χ2v) is 5.96. The Morgan fingerprint density at radius 2 is 1.88 bits per heavy atom. The van der Waals surface area contributed by atoms with Gasteiger partial charge in [0, 0.05) is 16.6 Å². The first-order valence-electron chi connectivity index (χ1n) is 7.09. The average molecular weight is 390 g/mol. The van der Waals surface area contributed by atoms with Gasteiger partial charge in [0.25, 0.3) is 0 Å². The molecule has 0 saturated carbocycles. The first-order chi connectivity index (χ1) is 11.0. The fraction of sp³-hybridized carbons (Fsp3) is 0.235. The van der Waals surface area contributed by atoms with Crippen LogP contribution in [0.1, 0.15) is 11.1 Å². The van der Waals surface area contributed by atoms with Gasteiger partial charge >= 0.3 is 0 Å². The van der Waals surface area contributed by atoms with E-state index in [0.717, 1.165) is 16.9 Å². The van der Waals surface area contributed by atoms with Gasteiger partial charge in [-0.25, -0.2) is 0 Å². The largest absolute Gasteiger partial charge is 0.497 e. The molecule has 2 aromatic rings. The lowest BCUT2D eigenvalue weighted by molar-refractivity contribution is -0.122. The summed E-state index contributed by atoms with van der Waals surface area (Å²) in [6, 6.07) is 11.9. The smallest absolute Gasteiger partial charge is 0.237 e. The summed E-state index contributed by atoms with van der Waals surface area (Å²) in [6.07, 6.45) is 0.352. The fourth-order valence-electron chi connectivity index (χ4n) is 2.08. The summed E-state index contributed by atoms with van der Waals surface area (Å²) in [5.74, 6) is 0.543. The van der Waals surface area contributed by atoms with Crippen LogP contribution in [0.15, 0.2) is 42.5 Å². The third-order valence-corrected chi connectivity index (χ3v) is 4.00. The fourth-order valence-corrected chi connectivity index (χ4v) is 2.57. The van der Waals surface area contributed by atoms with E-state index in [4.69, 9.17) is 33.7 Å². The van der Waals surface area contributed by atoms with Crippen LogP contribution in [0.25, 0.3) is 0 Å². The average Bonchev–Trinajstić information content (AvgIpc) is 2.55. The molecule has 0 heterocycles. The van der Waals surface area contributed by atoms with Crippen LogP contribution in [0.2, 0.25) is 10.0 Å². The van der Waals surface area contributed by atoms with Crippen LogP contribution in [0.3, 0.4) is 0 Å². The van der Waals surface area contributed by atoms with Gasteiger partial charge in [0.2, 0.25) is 5.91 Å². The molecule has 7 heteroatoms. The highest BCUT2D eigenvalue weighted by Crippen LogP contribution is 2.22. The van der Waals surface area contributed by atoms with Crippen molar-refractivity contribution in [2.24, 2.45) is 5.73 Å². The Labute approximate surface area is 157 Å². The molecule has 0 spiro atoms. The summed E-state index contributed by atoms with van der Waals surface area (Å²) in [5, 5.41) is 3.88. The highest BCUT2D eigenvalue weighted by Gasteiger charge is 2.15. The third kappa shape index (κ3) is 5.87. The van der Waals surface area contributed by atoms with Crippen molar-refractivity contribution < 1.29 is 9.53 Å². The Morgan fingerprint density at radius 3 is 2.46 bits per heavy atom. The number of hydrogen-bond donors (Lipinski definition) is 2. The summed E-state index contributed by atoms with van der Waals surface area (Å²) < 4.78 is 5.09. The van der Waals surface area contributed by atoms with E-state index in [1.807, 2.05) is 24.3 Å². The van der Waals surface area contributed by atoms with E-state index >= 15 is 0 Å². The maximum Gasteiger partial charge on any atom is 0.237 e. The monoisotopic (exact) mass is 388 g/mol. The number of carbonyl (C=O) groups excluding carboxylic acids is 1. The molecule has 1 amide bonds. The standard InChI is InChI=1S/C17H18Cl2N2O2.ClH/c1-23-14-6-2-11(3-7-14)10-21-17(22)16(20)8-12-4-5-13(18)9-15(12)19;/h2-7,9,16H,8,10,20H2,1H3,(H,21,22);1H/t16-;/m1./s1. The Bertz CT molecular complexity index is 678. The minimum absolute atomic E-state index is 0. The lowest BCUT2D eigenvalue weighted by Gasteiger charge is -2.13. The summed E-state index contributed by atoms with van der Waals surface area (Å²) in [6.45, 7) is 0.408. The van der Waals surface area contributed by atoms with E-state index in [1.54, 1.807) is 25.3 Å². The van der Waals surface area contributed by atoms with Crippen LogP contribution >= 0.6 is 35.6 Å². The number of hydrogen-bond acceptors (Lipinski definition) is 3. The molecule has 130 valence electrons. The Morgan fingerprint density at radius 1 is 1.21 bits per heavy atom. The second kappa shape index (κ2) is 9.74. The minimum atomic E-state index is -0.674. The molecule has 0 aliphatic heterocycles. The predicted molar refractivity (Wildman–Crippen MR) is 100 cm³/mol. The number of nitrogens with one attached hydrogen (secondary N) is 1. The van der Waals surface area contributed by atoms with Gasteiger partial charge in [-0.2, -0.15) is 0 Å². The number of benzene rings is 2. The van der Waals surface area contributed by atoms with Crippen molar-refractivity contribution in [3.05, 3.63) is 63.6 Å². The second-order valence-electron chi connectivity index (χ2n) is 5.11. The lowest BCUT2D eigenvalue weighted by Crippen LogP contribution is -2.41. The van der Waals surface area contributed by atoms with E-state index in [2.05, 4.69) is 5.32 Å². The highest BCUT2D eigenvalue weighted by atomic mass is 35.5. The Balaban J connectivity index is 0.00000288. The highest BCUT2D eigenvalue weighted by molar-refractivity contribution is 6.35. The van der Waals surface area contributed by atoms with Crippen molar-refractivity contribution in [1.29, 1.82) is 0 Å². The SMILES string of the molecule is COc1ccc(CNC(=O)[C@H](N)Cc2ccc(Cl)cc2Cl)cc1.Cl. The molecule has 0 saturated heterocycles. The summed E-state index contributed by atoms with van der Waals surface area (Å²) >= 11 is 11.9. The van der Waals surface area contributed by atoms with Gasteiger partial charge in [0.15, 0.2) is 0 Å². The van der Waals surface area contributed by atoms with Crippen LogP contribution < -0.4 is 15.8 Å². The molecule has 1 atom stereocenters. The van der Waals surface area contributed by atoms with Gasteiger partial charge in [-0.15, -0.1) is 12.4 Å². The van der Waals surface area contributed by atoms with Gasteiger partial charge in [-0.1, -0.05) is 41.4 Å². The van der Waals surface area contributed by atoms with E-state index in [-0.39, 0.29) is 18.3 Å². The molecule has 0 radical (unpaired) electrons. The topological polar surface area (TPSA) is 64.3 Å². The number of amides is 1. The Kier molecular flexibility index (Phi) is 8.36. The zero-order chi connectivity index (χ0) is 16.8. The molecule has 0 aromatic heterocycles. The zero-order valence-electron chi connectivity index (χ0n) is 13.1. The molecule has 3 N–H and O–H groups in total. The zero-order valence-corrected chi connectivity index (χ0v) is 15.4. The maximum absolute atomic E-state index is 12.1. The third-order valence-electron chi connectivity index (χ3n) is 3.42. The molecule has 24 heavy (non-hydrogen) atoms. The molecular formula is C17H19Cl3N2O2. The minimum Gasteiger partial charge on any atom is -0.497 e. The summed E-state index contributed by atoms with van der Waals surface area (Å²) in [4.78, 5) is 12.1. The first-order valence-corrected chi connectivity index (χ1v) is 7.85. The van der Waals surface area contributed by atoms with E-state index in [0.29, 0.717) is 23.0 Å². The van der Waals surface area contributed by atoms with E-state index < -0.39 is 6.04 Å². The van der Waals surface area contributed by atoms with Crippen molar-refractivity contribution in [3.8, 4) is 5.75 Å². The van der Waals surface area contributed by atoms with Gasteiger partial charge in [0.1, 0.15) is 5.75 Å². The molecule has 2 rings (SSSR count). The summed E-state index contributed by atoms with van der Waals surface area (Å²) in [7, 11) is 1.61. The number of methoxy groups -OCH3 is 1. The number of carbonyl (C=O) groups is 1. The van der Waals surface area contributed by atoms with Gasteiger partial charge in [-0.3, -0.25) is 4.79 Å². The molecule has 0 bridgehead atoms. The molecule has 0 fully saturated rings. The maximum atomic E-state index is 12.1. The van der Waals surface area contributed by atoms with Crippen LogP contribution in [0.4, 0.5) is 0 Å². The number of ether oxygens (including phenoxy) is 1. The van der Waals surface area contributed by atoms with Crippen LogP contribution in [0.5, 0.6) is 5.75 Å². The predicted octanol–water partition coefficient (Wildman–Crippen LogP) is 3.61. The molecule has 2 aromatic carbocycles. The Hall–Kier alpha value is -1.46. The van der Waals surface area contributed by atoms with Crippen LogP contribution in [-0.2, 0) is 17.8 Å². The van der Waals surface area contributed by atoms with Crippen molar-refractivity contribution in [3.63, 3.8) is 0 Å². The lowest BCUT2D eigenvalue weighted by atomic mass is 10.1.